The molecule has 0 aromatic heterocycles. The second-order valence-electron chi connectivity index (χ2n) is 11.3. The lowest BCUT2D eigenvalue weighted by molar-refractivity contribution is -0.132. The first-order valence-electron chi connectivity index (χ1n) is 14.4. The lowest BCUT2D eigenvalue weighted by Gasteiger charge is -2.29. The van der Waals surface area contributed by atoms with Crippen LogP contribution in [0.3, 0.4) is 0 Å². The smallest absolute Gasteiger partial charge is 0.321 e. The van der Waals surface area contributed by atoms with Gasteiger partial charge in [0.25, 0.3) is 5.91 Å². The minimum atomic E-state index is -1.23. The number of aryl methyl sites for hydroxylation is 1. The van der Waals surface area contributed by atoms with Gasteiger partial charge in [0.1, 0.15) is 6.54 Å². The highest BCUT2D eigenvalue weighted by Crippen LogP contribution is 2.34. The minimum absolute atomic E-state index is 0.0712. The Bertz CT molecular complexity index is 1460. The maximum Gasteiger partial charge on any atom is 0.321 e. The van der Waals surface area contributed by atoms with E-state index < -0.39 is 18.1 Å². The SMILES string of the molecule is Cc1cccc(NC(=O)NC2N=C(c3ccccc3)c3ccccc3N(CC(=O)N3CC4CCC(CC4)C3)C2=O)c1. The van der Waals surface area contributed by atoms with Crippen molar-refractivity contribution in [1.82, 2.24) is 10.2 Å². The Kier molecular flexibility index (Phi) is 7.55. The monoisotopic (exact) mass is 549 g/mol. The molecule has 1 unspecified atom stereocenters. The second-order valence-corrected chi connectivity index (χ2v) is 11.3. The van der Waals surface area contributed by atoms with Gasteiger partial charge in [0.2, 0.25) is 12.1 Å². The van der Waals surface area contributed by atoms with Crippen LogP contribution in [0.15, 0.2) is 83.9 Å². The van der Waals surface area contributed by atoms with Gasteiger partial charge in [-0.05, 0) is 68.2 Å². The van der Waals surface area contributed by atoms with Gasteiger partial charge in [-0.25, -0.2) is 9.79 Å². The molecule has 7 rings (SSSR count). The first kappa shape index (κ1) is 26.7. The van der Waals surface area contributed by atoms with Crippen LogP contribution in [0.25, 0.3) is 0 Å². The number of benzodiazepines with no additional fused rings is 1. The van der Waals surface area contributed by atoms with Crippen molar-refractivity contribution in [3.8, 4) is 0 Å². The van der Waals surface area contributed by atoms with Gasteiger partial charge in [-0.1, -0.05) is 60.7 Å². The van der Waals surface area contributed by atoms with Crippen molar-refractivity contribution in [2.75, 3.05) is 29.9 Å². The largest absolute Gasteiger partial charge is 0.341 e. The van der Waals surface area contributed by atoms with Gasteiger partial charge in [-0.15, -0.1) is 0 Å². The molecular formula is C33H35N5O3. The molecule has 8 nitrogen and oxygen atoms in total. The number of carbonyl (C=O) groups excluding carboxylic acids is 3. The third-order valence-electron chi connectivity index (χ3n) is 8.37. The van der Waals surface area contributed by atoms with Crippen LogP contribution in [0.1, 0.15) is 42.4 Å². The fourth-order valence-electron chi connectivity index (χ4n) is 6.26. The van der Waals surface area contributed by atoms with Crippen molar-refractivity contribution in [3.63, 3.8) is 0 Å². The summed E-state index contributed by atoms with van der Waals surface area (Å²) in [7, 11) is 0. The van der Waals surface area contributed by atoms with Crippen LogP contribution >= 0.6 is 0 Å². The van der Waals surface area contributed by atoms with Gasteiger partial charge in [-0.3, -0.25) is 14.5 Å². The van der Waals surface area contributed by atoms with E-state index in [1.54, 1.807) is 6.07 Å². The summed E-state index contributed by atoms with van der Waals surface area (Å²) in [5.74, 6) is 0.530. The fourth-order valence-corrected chi connectivity index (χ4v) is 6.26. The Balaban J connectivity index is 1.33. The number of nitrogens with one attached hydrogen (secondary N) is 2. The Morgan fingerprint density at radius 1 is 0.878 bits per heavy atom. The van der Waals surface area contributed by atoms with Gasteiger partial charge in [0.05, 0.1) is 11.4 Å². The molecule has 41 heavy (non-hydrogen) atoms. The summed E-state index contributed by atoms with van der Waals surface area (Å²) >= 11 is 0. The van der Waals surface area contributed by atoms with Gasteiger partial charge >= 0.3 is 6.03 Å². The average Bonchev–Trinajstić information content (AvgIpc) is 3.37. The van der Waals surface area contributed by atoms with Gasteiger partial charge in [-0.2, -0.15) is 0 Å². The first-order valence-corrected chi connectivity index (χ1v) is 14.4. The summed E-state index contributed by atoms with van der Waals surface area (Å²) < 4.78 is 0. The number of hydrogen-bond acceptors (Lipinski definition) is 4. The number of anilines is 2. The highest BCUT2D eigenvalue weighted by atomic mass is 16.2. The van der Waals surface area contributed by atoms with Crippen LogP contribution in [0.4, 0.5) is 16.2 Å². The molecule has 2 saturated heterocycles. The summed E-state index contributed by atoms with van der Waals surface area (Å²) in [6.45, 7) is 3.32. The lowest BCUT2D eigenvalue weighted by Crippen LogP contribution is -2.51. The van der Waals surface area contributed by atoms with Crippen LogP contribution in [-0.2, 0) is 9.59 Å². The summed E-state index contributed by atoms with van der Waals surface area (Å²) in [6.07, 6.45) is 3.43. The molecule has 3 heterocycles. The first-order chi connectivity index (χ1) is 19.9. The van der Waals surface area contributed by atoms with Crippen molar-refractivity contribution in [2.45, 2.75) is 38.8 Å². The Morgan fingerprint density at radius 2 is 1.56 bits per heavy atom. The van der Waals surface area contributed by atoms with Crippen molar-refractivity contribution < 1.29 is 14.4 Å². The zero-order chi connectivity index (χ0) is 28.3. The third kappa shape index (κ3) is 5.87. The van der Waals surface area contributed by atoms with E-state index in [2.05, 4.69) is 10.6 Å². The van der Waals surface area contributed by atoms with Crippen LogP contribution < -0.4 is 15.5 Å². The van der Waals surface area contributed by atoms with Crippen LogP contribution in [-0.4, -0.2) is 54.3 Å². The number of nitrogens with zero attached hydrogens (tertiary/aromatic N) is 3. The van der Waals surface area contributed by atoms with Crippen molar-refractivity contribution >= 4 is 34.9 Å². The quantitative estimate of drug-likeness (QED) is 0.470. The fraction of sp³-hybridized carbons (Fsp3) is 0.333. The number of hydrogen-bond donors (Lipinski definition) is 2. The van der Waals surface area contributed by atoms with Crippen molar-refractivity contribution in [3.05, 3.63) is 95.6 Å². The minimum Gasteiger partial charge on any atom is -0.341 e. The molecule has 0 spiro atoms. The van der Waals surface area contributed by atoms with E-state index in [0.29, 0.717) is 28.9 Å². The second kappa shape index (κ2) is 11.6. The van der Waals surface area contributed by atoms with Gasteiger partial charge in [0.15, 0.2) is 0 Å². The predicted octanol–water partition coefficient (Wildman–Crippen LogP) is 4.98. The molecule has 3 aromatic carbocycles. The molecule has 3 fully saturated rings. The highest BCUT2D eigenvalue weighted by Gasteiger charge is 2.37. The van der Waals surface area contributed by atoms with E-state index in [-0.39, 0.29) is 12.5 Å². The van der Waals surface area contributed by atoms with Crippen molar-refractivity contribution in [1.29, 1.82) is 0 Å². The van der Waals surface area contributed by atoms with E-state index in [1.807, 2.05) is 84.6 Å². The number of para-hydroxylation sites is 1. The normalized spacial score (nSPS) is 21.8. The van der Waals surface area contributed by atoms with Crippen LogP contribution in [0, 0.1) is 18.8 Å². The molecule has 1 atom stereocenters. The number of amides is 4. The molecule has 4 amide bonds. The standard InChI is InChI=1S/C33H35N5O3/c1-22-8-7-11-26(18-22)34-33(41)36-31-32(40)38(21-29(39)37-19-23-14-15-24(20-37)17-16-23)28-13-6-5-12-27(28)30(35-31)25-9-3-2-4-10-25/h2-13,18,23-24,31H,14-17,19-21H2,1H3,(H2,34,36,41). The highest BCUT2D eigenvalue weighted by molar-refractivity contribution is 6.21. The topological polar surface area (TPSA) is 94.1 Å². The molecule has 0 radical (unpaired) electrons. The number of urea groups is 1. The van der Waals surface area contributed by atoms with Gasteiger partial charge < -0.3 is 15.5 Å². The summed E-state index contributed by atoms with van der Waals surface area (Å²) in [5.41, 5.74) is 4.35. The van der Waals surface area contributed by atoms with Crippen LogP contribution in [0.5, 0.6) is 0 Å². The molecule has 1 saturated carbocycles. The molecule has 8 heteroatoms. The molecular weight excluding hydrogens is 514 g/mol. The summed E-state index contributed by atoms with van der Waals surface area (Å²) in [5, 5.41) is 5.59. The Morgan fingerprint density at radius 3 is 2.27 bits per heavy atom. The molecule has 4 aliphatic rings. The third-order valence-corrected chi connectivity index (χ3v) is 8.37. The van der Waals surface area contributed by atoms with E-state index >= 15 is 0 Å². The molecule has 1 aliphatic carbocycles. The lowest BCUT2D eigenvalue weighted by atomic mass is 9.84. The number of fused-ring (bicyclic) bond motifs is 5. The molecule has 2 bridgehead atoms. The zero-order valence-corrected chi connectivity index (χ0v) is 23.3. The maximum atomic E-state index is 14.2. The van der Waals surface area contributed by atoms with Crippen LogP contribution in [0.2, 0.25) is 0 Å². The zero-order valence-electron chi connectivity index (χ0n) is 23.3. The van der Waals surface area contributed by atoms with E-state index in [0.717, 1.165) is 55.5 Å². The predicted molar refractivity (Wildman–Crippen MR) is 160 cm³/mol. The van der Waals surface area contributed by atoms with Crippen molar-refractivity contribution in [2.24, 2.45) is 16.8 Å². The van der Waals surface area contributed by atoms with E-state index in [4.69, 9.17) is 4.99 Å². The van der Waals surface area contributed by atoms with E-state index in [9.17, 15) is 14.4 Å². The number of benzene rings is 3. The van der Waals surface area contributed by atoms with Gasteiger partial charge in [0, 0.05) is 29.9 Å². The number of rotatable bonds is 5. The Labute approximate surface area is 240 Å². The Hall–Kier alpha value is -4.46. The summed E-state index contributed by atoms with van der Waals surface area (Å²) in [4.78, 5) is 49.3. The maximum absolute atomic E-state index is 14.2. The number of carbonyl (C=O) groups is 3. The summed E-state index contributed by atoms with van der Waals surface area (Å²) in [6, 6.07) is 24.0. The number of aliphatic imine (C=N–C) groups is 1. The molecule has 3 aliphatic heterocycles. The van der Waals surface area contributed by atoms with E-state index in [1.165, 1.54) is 4.90 Å². The molecule has 3 aromatic rings. The molecule has 210 valence electrons. The average molecular weight is 550 g/mol. The molecule has 2 N–H and O–H groups in total.